The van der Waals surface area contributed by atoms with E-state index in [2.05, 4.69) is 25.6 Å². The first-order valence-corrected chi connectivity index (χ1v) is 10.1. The molecule has 31 heavy (non-hydrogen) atoms. The fourth-order valence-corrected chi connectivity index (χ4v) is 3.88. The zero-order valence-electron chi connectivity index (χ0n) is 17.0. The molecule has 0 aliphatic heterocycles. The third-order valence-corrected chi connectivity index (χ3v) is 5.55. The van der Waals surface area contributed by atoms with E-state index in [9.17, 15) is 14.9 Å². The van der Waals surface area contributed by atoms with Crippen molar-refractivity contribution in [3.8, 4) is 0 Å². The minimum absolute atomic E-state index is 0.0898. The molecule has 2 heterocycles. The van der Waals surface area contributed by atoms with E-state index in [4.69, 9.17) is 5.73 Å². The van der Waals surface area contributed by atoms with Crippen molar-refractivity contribution >= 4 is 40.0 Å². The molecular formula is C21H23N7O3. The van der Waals surface area contributed by atoms with E-state index in [1.165, 1.54) is 6.20 Å². The topological polar surface area (TPSA) is 149 Å². The van der Waals surface area contributed by atoms with Gasteiger partial charge in [0, 0.05) is 29.2 Å². The van der Waals surface area contributed by atoms with Crippen molar-refractivity contribution < 1.29 is 9.72 Å². The molecular weight excluding hydrogens is 398 g/mol. The number of benzene rings is 1. The molecule has 1 aliphatic rings. The summed E-state index contributed by atoms with van der Waals surface area (Å²) in [7, 11) is 0. The molecule has 4 N–H and O–H groups in total. The lowest BCUT2D eigenvalue weighted by atomic mass is 10.0. The number of hydrogen-bond donors (Lipinski definition) is 3. The zero-order valence-corrected chi connectivity index (χ0v) is 17.0. The molecule has 0 bridgehead atoms. The molecule has 1 aromatic carbocycles. The summed E-state index contributed by atoms with van der Waals surface area (Å²) < 4.78 is 0. The second kappa shape index (κ2) is 8.50. The van der Waals surface area contributed by atoms with Crippen molar-refractivity contribution in [1.82, 2.24) is 15.0 Å². The predicted molar refractivity (Wildman–Crippen MR) is 117 cm³/mol. The maximum Gasteiger partial charge on any atom is 0.329 e. The summed E-state index contributed by atoms with van der Waals surface area (Å²) in [6, 6.07) is 9.38. The van der Waals surface area contributed by atoms with Gasteiger partial charge in [0.1, 0.15) is 6.20 Å². The van der Waals surface area contributed by atoms with E-state index in [1.54, 1.807) is 6.07 Å². The average Bonchev–Trinajstić information content (AvgIpc) is 3.22. The molecule has 2 atom stereocenters. The van der Waals surface area contributed by atoms with Gasteiger partial charge in [0.05, 0.1) is 10.4 Å². The van der Waals surface area contributed by atoms with Crippen LogP contribution >= 0.6 is 0 Å². The first kappa shape index (κ1) is 20.5. The van der Waals surface area contributed by atoms with Crippen molar-refractivity contribution in [1.29, 1.82) is 0 Å². The summed E-state index contributed by atoms with van der Waals surface area (Å²) in [5.74, 6) is 0.315. The first-order chi connectivity index (χ1) is 14.9. The van der Waals surface area contributed by atoms with E-state index in [-0.39, 0.29) is 35.2 Å². The van der Waals surface area contributed by atoms with E-state index in [0.717, 1.165) is 35.9 Å². The number of rotatable bonds is 7. The number of nitrogens with one attached hydrogen (secondary N) is 2. The average molecular weight is 421 g/mol. The number of carbonyl (C=O) groups is 1. The first-order valence-electron chi connectivity index (χ1n) is 10.1. The van der Waals surface area contributed by atoms with Crippen LogP contribution in [0.15, 0.2) is 36.5 Å². The van der Waals surface area contributed by atoms with Crippen LogP contribution in [-0.2, 0) is 4.79 Å². The van der Waals surface area contributed by atoms with Crippen molar-refractivity contribution in [3.05, 3.63) is 52.3 Å². The molecule has 4 rings (SSSR count). The number of pyridine rings is 1. The second-order valence-corrected chi connectivity index (χ2v) is 7.83. The van der Waals surface area contributed by atoms with Crippen LogP contribution in [0.25, 0.3) is 10.9 Å². The highest BCUT2D eigenvalue weighted by molar-refractivity contribution is 5.84. The highest BCUT2D eigenvalue weighted by Crippen LogP contribution is 2.31. The van der Waals surface area contributed by atoms with Crippen LogP contribution < -0.4 is 16.4 Å². The van der Waals surface area contributed by atoms with E-state index >= 15 is 0 Å². The van der Waals surface area contributed by atoms with Crippen LogP contribution in [0, 0.1) is 28.9 Å². The lowest BCUT2D eigenvalue weighted by molar-refractivity contribution is -0.384. The number of aryl methyl sites for hydroxylation is 1. The molecule has 1 fully saturated rings. The Kier molecular flexibility index (Phi) is 5.61. The van der Waals surface area contributed by atoms with E-state index < -0.39 is 4.92 Å². The van der Waals surface area contributed by atoms with E-state index in [0.29, 0.717) is 12.2 Å². The lowest BCUT2D eigenvalue weighted by Gasteiger charge is -2.12. The Labute approximate surface area is 178 Å². The van der Waals surface area contributed by atoms with Crippen molar-refractivity contribution in [3.63, 3.8) is 0 Å². The number of anilines is 3. The second-order valence-electron chi connectivity index (χ2n) is 7.83. The summed E-state index contributed by atoms with van der Waals surface area (Å²) in [5.41, 5.74) is 7.59. The Balaban J connectivity index is 1.51. The van der Waals surface area contributed by atoms with Crippen LogP contribution in [0.3, 0.4) is 0 Å². The molecule has 0 unspecified atom stereocenters. The van der Waals surface area contributed by atoms with Crippen LogP contribution in [0.4, 0.5) is 23.1 Å². The number of amides is 1. The SMILES string of the molecule is Cc1ccc2cc(Nc3nc(NC[C@@H]4CC[C@@H](C(N)=O)C4)ncc3[N+](=O)[O-])ccc2n1. The maximum atomic E-state index is 11.5. The fraction of sp³-hybridized carbons (Fsp3) is 0.333. The van der Waals surface area contributed by atoms with Gasteiger partial charge in [0.25, 0.3) is 0 Å². The van der Waals surface area contributed by atoms with Gasteiger partial charge in [-0.15, -0.1) is 0 Å². The van der Waals surface area contributed by atoms with Gasteiger partial charge in [0.15, 0.2) is 0 Å². The third kappa shape index (κ3) is 4.68. The molecule has 0 spiro atoms. The number of fused-ring (bicyclic) bond motifs is 1. The Bertz CT molecular complexity index is 1150. The van der Waals surface area contributed by atoms with Crippen molar-refractivity contribution in [2.45, 2.75) is 26.2 Å². The monoisotopic (exact) mass is 421 g/mol. The third-order valence-electron chi connectivity index (χ3n) is 5.55. The molecule has 0 saturated heterocycles. The lowest BCUT2D eigenvalue weighted by Crippen LogP contribution is -2.21. The Morgan fingerprint density at radius 3 is 2.84 bits per heavy atom. The van der Waals surface area contributed by atoms with Gasteiger partial charge in [-0.3, -0.25) is 19.9 Å². The summed E-state index contributed by atoms with van der Waals surface area (Å²) in [6.45, 7) is 2.49. The number of nitrogens with two attached hydrogens (primary N) is 1. The number of nitrogens with zero attached hydrogens (tertiary/aromatic N) is 4. The molecule has 2 aromatic heterocycles. The van der Waals surface area contributed by atoms with Gasteiger partial charge in [-0.05, 0) is 56.4 Å². The minimum atomic E-state index is -0.521. The largest absolute Gasteiger partial charge is 0.369 e. The number of primary amides is 1. The number of aromatic nitrogens is 3. The summed E-state index contributed by atoms with van der Waals surface area (Å²) in [5, 5.41) is 18.5. The highest BCUT2D eigenvalue weighted by Gasteiger charge is 2.28. The summed E-state index contributed by atoms with van der Waals surface area (Å²) in [4.78, 5) is 35.1. The minimum Gasteiger partial charge on any atom is -0.369 e. The van der Waals surface area contributed by atoms with Crippen LogP contribution in [-0.4, -0.2) is 32.3 Å². The van der Waals surface area contributed by atoms with Gasteiger partial charge in [-0.1, -0.05) is 6.07 Å². The number of carbonyl (C=O) groups excluding carboxylic acids is 1. The quantitative estimate of drug-likeness (QED) is 0.388. The van der Waals surface area contributed by atoms with Gasteiger partial charge < -0.3 is 16.4 Å². The predicted octanol–water partition coefficient (Wildman–Crippen LogP) is 3.30. The summed E-state index contributed by atoms with van der Waals surface area (Å²) >= 11 is 0. The molecule has 160 valence electrons. The Hall–Kier alpha value is -3.82. The van der Waals surface area contributed by atoms with E-state index in [1.807, 2.05) is 31.2 Å². The fourth-order valence-electron chi connectivity index (χ4n) is 3.88. The van der Waals surface area contributed by atoms with Gasteiger partial charge in [0.2, 0.25) is 17.7 Å². The Morgan fingerprint density at radius 2 is 2.10 bits per heavy atom. The van der Waals surface area contributed by atoms with Crippen LogP contribution in [0.1, 0.15) is 25.0 Å². The van der Waals surface area contributed by atoms with Gasteiger partial charge >= 0.3 is 5.69 Å². The molecule has 3 aromatic rings. The molecule has 0 radical (unpaired) electrons. The van der Waals surface area contributed by atoms with Gasteiger partial charge in [-0.2, -0.15) is 4.98 Å². The highest BCUT2D eigenvalue weighted by atomic mass is 16.6. The maximum absolute atomic E-state index is 11.5. The smallest absolute Gasteiger partial charge is 0.329 e. The van der Waals surface area contributed by atoms with Crippen LogP contribution in [0.5, 0.6) is 0 Å². The molecule has 10 nitrogen and oxygen atoms in total. The Morgan fingerprint density at radius 1 is 1.26 bits per heavy atom. The standard InChI is InChI=1S/C21H23N7O3/c1-12-2-4-14-9-16(6-7-17(14)25-12)26-20-18(28(30)31)11-24-21(27-20)23-10-13-3-5-15(8-13)19(22)29/h2,4,6-7,9,11,13,15H,3,5,8,10H2,1H3,(H2,22,29)(H2,23,24,26,27)/t13-,15-/m1/s1. The number of nitro groups is 1. The van der Waals surface area contributed by atoms with Crippen LogP contribution in [0.2, 0.25) is 0 Å². The summed E-state index contributed by atoms with van der Waals surface area (Å²) in [6.07, 6.45) is 3.59. The number of hydrogen-bond acceptors (Lipinski definition) is 8. The zero-order chi connectivity index (χ0) is 22.0. The van der Waals surface area contributed by atoms with Crippen molar-refractivity contribution in [2.24, 2.45) is 17.6 Å². The molecule has 1 saturated carbocycles. The van der Waals surface area contributed by atoms with Gasteiger partial charge in [-0.25, -0.2) is 4.98 Å². The molecule has 1 amide bonds. The normalized spacial score (nSPS) is 18.1. The molecule has 1 aliphatic carbocycles. The molecule has 10 heteroatoms. The van der Waals surface area contributed by atoms with Crippen molar-refractivity contribution in [2.75, 3.05) is 17.2 Å².